The maximum absolute atomic E-state index is 13.2. The Balaban J connectivity index is 1.51. The molecule has 0 spiro atoms. The Hall–Kier alpha value is -2.09. The number of carbonyl (C=O) groups is 1. The Morgan fingerprint density at radius 3 is 2.31 bits per heavy atom. The van der Waals surface area contributed by atoms with Crippen molar-refractivity contribution in [1.29, 1.82) is 0 Å². The number of rotatable bonds is 3. The van der Waals surface area contributed by atoms with Gasteiger partial charge in [0.25, 0.3) is 0 Å². The molecule has 1 amide bonds. The largest absolute Gasteiger partial charge is 0.369 e. The summed E-state index contributed by atoms with van der Waals surface area (Å²) < 4.78 is 27.9. The molecule has 154 valence electrons. The van der Waals surface area contributed by atoms with Crippen LogP contribution in [0.2, 0.25) is 5.02 Å². The van der Waals surface area contributed by atoms with E-state index < -0.39 is 10.0 Å². The predicted octanol–water partition coefficient (Wildman–Crippen LogP) is 3.15. The van der Waals surface area contributed by atoms with Crippen LogP contribution in [-0.2, 0) is 21.2 Å². The second kappa shape index (κ2) is 7.63. The lowest BCUT2D eigenvalue weighted by molar-refractivity contribution is -0.116. The lowest BCUT2D eigenvalue weighted by atomic mass is 10.1. The minimum absolute atomic E-state index is 0.0230. The van der Waals surface area contributed by atoms with E-state index in [1.165, 1.54) is 6.92 Å². The number of sulfonamides is 1. The van der Waals surface area contributed by atoms with E-state index in [1.807, 2.05) is 31.2 Å². The fourth-order valence-electron chi connectivity index (χ4n) is 4.24. The Bertz CT molecular complexity index is 1030. The van der Waals surface area contributed by atoms with Crippen LogP contribution >= 0.6 is 11.6 Å². The molecule has 29 heavy (non-hydrogen) atoms. The summed E-state index contributed by atoms with van der Waals surface area (Å²) in [6.07, 6.45) is 0.669. The maximum Gasteiger partial charge on any atom is 0.243 e. The molecule has 1 atom stereocenters. The van der Waals surface area contributed by atoms with Crippen molar-refractivity contribution >= 4 is 38.9 Å². The van der Waals surface area contributed by atoms with E-state index in [0.29, 0.717) is 42.5 Å². The number of hydrogen-bond acceptors (Lipinski definition) is 4. The van der Waals surface area contributed by atoms with E-state index in [-0.39, 0.29) is 11.9 Å². The molecule has 0 saturated carbocycles. The van der Waals surface area contributed by atoms with Gasteiger partial charge in [-0.25, -0.2) is 8.42 Å². The molecular weight excluding hydrogens is 410 g/mol. The van der Waals surface area contributed by atoms with Gasteiger partial charge >= 0.3 is 0 Å². The van der Waals surface area contributed by atoms with Gasteiger partial charge in [-0.15, -0.1) is 0 Å². The molecule has 4 rings (SSSR count). The molecule has 2 aromatic carbocycles. The Morgan fingerprint density at radius 2 is 1.69 bits per heavy atom. The normalized spacial score (nSPS) is 20.0. The van der Waals surface area contributed by atoms with E-state index in [0.717, 1.165) is 16.9 Å². The predicted molar refractivity (Wildman–Crippen MR) is 115 cm³/mol. The van der Waals surface area contributed by atoms with Gasteiger partial charge in [0.05, 0.1) is 4.90 Å². The summed E-state index contributed by atoms with van der Waals surface area (Å²) in [5.41, 5.74) is 2.77. The molecule has 2 aliphatic heterocycles. The molecule has 0 aromatic heterocycles. The first-order valence-corrected chi connectivity index (χ1v) is 11.5. The molecule has 1 saturated heterocycles. The number of carbonyl (C=O) groups excluding carboxylic acids is 1. The second-order valence-electron chi connectivity index (χ2n) is 7.60. The first kappa shape index (κ1) is 20.2. The maximum atomic E-state index is 13.2. The standard InChI is InChI=1S/C21H24ClN3O3S/c1-15-13-17-14-20(7-8-21(17)25(15)16(2)26)29(27,28)24-11-9-23(10-12-24)19-5-3-18(22)4-6-19/h3-8,14-15H,9-13H2,1-2H3/t15-/m0/s1. The van der Waals surface area contributed by atoms with Gasteiger partial charge in [-0.3, -0.25) is 4.79 Å². The highest BCUT2D eigenvalue weighted by atomic mass is 35.5. The van der Waals surface area contributed by atoms with Crippen molar-refractivity contribution in [1.82, 2.24) is 4.31 Å². The van der Waals surface area contributed by atoms with Gasteiger partial charge in [0.1, 0.15) is 0 Å². The van der Waals surface area contributed by atoms with Crippen LogP contribution in [-0.4, -0.2) is 50.9 Å². The van der Waals surface area contributed by atoms with E-state index >= 15 is 0 Å². The zero-order chi connectivity index (χ0) is 20.8. The second-order valence-corrected chi connectivity index (χ2v) is 9.97. The highest BCUT2D eigenvalue weighted by Gasteiger charge is 2.33. The third-order valence-corrected chi connectivity index (χ3v) is 7.82. The van der Waals surface area contributed by atoms with Crippen molar-refractivity contribution in [2.24, 2.45) is 0 Å². The summed E-state index contributed by atoms with van der Waals surface area (Å²) in [5.74, 6) is -0.0230. The van der Waals surface area contributed by atoms with Gasteiger partial charge in [0.2, 0.25) is 15.9 Å². The molecule has 0 N–H and O–H groups in total. The lowest BCUT2D eigenvalue weighted by Gasteiger charge is -2.35. The number of amides is 1. The van der Waals surface area contributed by atoms with Gasteiger partial charge in [0, 0.05) is 55.5 Å². The summed E-state index contributed by atoms with van der Waals surface area (Å²) in [6.45, 7) is 5.62. The molecule has 0 aliphatic carbocycles. The van der Waals surface area contributed by atoms with Crippen molar-refractivity contribution < 1.29 is 13.2 Å². The van der Waals surface area contributed by atoms with E-state index in [4.69, 9.17) is 11.6 Å². The van der Waals surface area contributed by atoms with Crippen molar-refractivity contribution in [3.63, 3.8) is 0 Å². The molecule has 0 bridgehead atoms. The number of fused-ring (bicyclic) bond motifs is 1. The summed E-state index contributed by atoms with van der Waals surface area (Å²) in [5, 5.41) is 0.684. The fourth-order valence-corrected chi connectivity index (χ4v) is 5.83. The SMILES string of the molecule is CC(=O)N1c2ccc(S(=O)(=O)N3CCN(c4ccc(Cl)cc4)CC3)cc2C[C@@H]1C. The number of nitrogens with zero attached hydrogens (tertiary/aromatic N) is 3. The van der Waals surface area contributed by atoms with Crippen LogP contribution in [0, 0.1) is 0 Å². The Morgan fingerprint density at radius 1 is 1.03 bits per heavy atom. The number of halogens is 1. The molecule has 1 fully saturated rings. The van der Waals surface area contributed by atoms with Crippen molar-refractivity contribution in [2.45, 2.75) is 31.2 Å². The molecule has 0 radical (unpaired) electrons. The van der Waals surface area contributed by atoms with Crippen molar-refractivity contribution in [2.75, 3.05) is 36.0 Å². The fraction of sp³-hybridized carbons (Fsp3) is 0.381. The van der Waals surface area contributed by atoms with E-state index in [9.17, 15) is 13.2 Å². The van der Waals surface area contributed by atoms with Gasteiger partial charge in [-0.05, 0) is 61.4 Å². The van der Waals surface area contributed by atoms with Crippen LogP contribution in [0.3, 0.4) is 0 Å². The lowest BCUT2D eigenvalue weighted by Crippen LogP contribution is -2.48. The summed E-state index contributed by atoms with van der Waals surface area (Å²) >= 11 is 5.95. The molecule has 2 heterocycles. The van der Waals surface area contributed by atoms with Crippen LogP contribution in [0.4, 0.5) is 11.4 Å². The number of piperazine rings is 1. The number of hydrogen-bond donors (Lipinski definition) is 0. The van der Waals surface area contributed by atoms with E-state index in [1.54, 1.807) is 27.4 Å². The van der Waals surface area contributed by atoms with Gasteiger partial charge in [-0.1, -0.05) is 11.6 Å². The monoisotopic (exact) mass is 433 g/mol. The van der Waals surface area contributed by atoms with Gasteiger partial charge < -0.3 is 9.80 Å². The zero-order valence-electron chi connectivity index (χ0n) is 16.5. The Kier molecular flexibility index (Phi) is 5.31. The summed E-state index contributed by atoms with van der Waals surface area (Å²) in [6, 6.07) is 12.7. The smallest absolute Gasteiger partial charge is 0.243 e. The third-order valence-electron chi connectivity index (χ3n) is 5.67. The first-order valence-electron chi connectivity index (χ1n) is 9.71. The first-order chi connectivity index (χ1) is 13.8. The highest BCUT2D eigenvalue weighted by Crippen LogP contribution is 2.34. The van der Waals surface area contributed by atoms with Crippen molar-refractivity contribution in [3.8, 4) is 0 Å². The van der Waals surface area contributed by atoms with Crippen LogP contribution in [0.15, 0.2) is 47.4 Å². The average molecular weight is 434 g/mol. The molecule has 6 nitrogen and oxygen atoms in total. The van der Waals surface area contributed by atoms with Crippen LogP contribution in [0.25, 0.3) is 0 Å². The topological polar surface area (TPSA) is 60.9 Å². The minimum Gasteiger partial charge on any atom is -0.369 e. The minimum atomic E-state index is -3.57. The summed E-state index contributed by atoms with van der Waals surface area (Å²) in [7, 11) is -3.57. The number of benzene rings is 2. The quantitative estimate of drug-likeness (QED) is 0.746. The summed E-state index contributed by atoms with van der Waals surface area (Å²) in [4.78, 5) is 16.1. The zero-order valence-corrected chi connectivity index (χ0v) is 18.1. The molecule has 0 unspecified atom stereocenters. The van der Waals surface area contributed by atoms with Crippen molar-refractivity contribution in [3.05, 3.63) is 53.1 Å². The highest BCUT2D eigenvalue weighted by molar-refractivity contribution is 7.89. The van der Waals surface area contributed by atoms with Gasteiger partial charge in [0.15, 0.2) is 0 Å². The van der Waals surface area contributed by atoms with E-state index in [2.05, 4.69) is 4.90 Å². The van der Waals surface area contributed by atoms with Crippen LogP contribution in [0.1, 0.15) is 19.4 Å². The average Bonchev–Trinajstić information content (AvgIpc) is 3.03. The molecule has 8 heteroatoms. The van der Waals surface area contributed by atoms with Gasteiger partial charge in [-0.2, -0.15) is 4.31 Å². The van der Waals surface area contributed by atoms with Crippen LogP contribution < -0.4 is 9.80 Å². The number of anilines is 2. The molecular formula is C21H24ClN3O3S. The molecule has 2 aromatic rings. The third kappa shape index (κ3) is 3.74. The Labute approximate surface area is 176 Å². The van der Waals surface area contributed by atoms with Crippen LogP contribution in [0.5, 0.6) is 0 Å². The molecule has 2 aliphatic rings.